The first-order valence-corrected chi connectivity index (χ1v) is 6.53. The molecular weight excluding hydrogens is 265 g/mol. The predicted molar refractivity (Wildman–Crippen MR) is 77.9 cm³/mol. The number of nitriles is 1. The van der Waals surface area contributed by atoms with Crippen molar-refractivity contribution in [3.8, 4) is 17.5 Å². The van der Waals surface area contributed by atoms with Crippen molar-refractivity contribution in [1.82, 2.24) is 9.55 Å². The molecule has 0 aliphatic rings. The summed E-state index contributed by atoms with van der Waals surface area (Å²) in [5.74, 6) is 0.481. The standard InChI is InChI=1S/C17H12FN3/c18-16-7-5-13(6-8-16)17-20-9-10-21(17)12-15-4-2-1-3-14(15)11-19/h1-10H,12H2. The minimum absolute atomic E-state index is 0.272. The van der Waals surface area contributed by atoms with Gasteiger partial charge in [-0.05, 0) is 35.9 Å². The van der Waals surface area contributed by atoms with Gasteiger partial charge in [-0.3, -0.25) is 0 Å². The fourth-order valence-electron chi connectivity index (χ4n) is 2.25. The summed E-state index contributed by atoms with van der Waals surface area (Å²) in [6, 6.07) is 15.9. The minimum atomic E-state index is -0.272. The van der Waals surface area contributed by atoms with Gasteiger partial charge in [-0.25, -0.2) is 9.37 Å². The zero-order valence-electron chi connectivity index (χ0n) is 11.2. The van der Waals surface area contributed by atoms with E-state index >= 15 is 0 Å². The fourth-order valence-corrected chi connectivity index (χ4v) is 2.25. The summed E-state index contributed by atoms with van der Waals surface area (Å²) in [5.41, 5.74) is 2.42. The molecule has 21 heavy (non-hydrogen) atoms. The molecule has 4 heteroatoms. The van der Waals surface area contributed by atoms with Crippen LogP contribution in [0.15, 0.2) is 60.9 Å². The maximum absolute atomic E-state index is 13.0. The molecule has 1 aromatic heterocycles. The van der Waals surface area contributed by atoms with E-state index in [1.807, 2.05) is 29.0 Å². The average molecular weight is 277 g/mol. The molecule has 0 radical (unpaired) electrons. The molecule has 3 aromatic rings. The molecule has 0 aliphatic heterocycles. The Balaban J connectivity index is 1.96. The van der Waals surface area contributed by atoms with Crippen molar-refractivity contribution in [2.75, 3.05) is 0 Å². The highest BCUT2D eigenvalue weighted by Crippen LogP contribution is 2.20. The quantitative estimate of drug-likeness (QED) is 0.734. The van der Waals surface area contributed by atoms with Gasteiger partial charge in [0, 0.05) is 18.0 Å². The smallest absolute Gasteiger partial charge is 0.140 e. The van der Waals surface area contributed by atoms with Gasteiger partial charge in [0.2, 0.25) is 0 Å². The van der Waals surface area contributed by atoms with E-state index in [4.69, 9.17) is 5.26 Å². The molecule has 0 N–H and O–H groups in total. The molecule has 1 heterocycles. The van der Waals surface area contributed by atoms with Gasteiger partial charge in [-0.2, -0.15) is 5.26 Å². The molecule has 102 valence electrons. The Hall–Kier alpha value is -2.93. The lowest BCUT2D eigenvalue weighted by atomic mass is 10.1. The molecule has 0 spiro atoms. The van der Waals surface area contributed by atoms with E-state index in [1.54, 1.807) is 24.4 Å². The number of benzene rings is 2. The predicted octanol–water partition coefficient (Wildman–Crippen LogP) is 3.61. The van der Waals surface area contributed by atoms with Gasteiger partial charge in [-0.1, -0.05) is 18.2 Å². The molecule has 0 fully saturated rings. The molecule has 0 bridgehead atoms. The second kappa shape index (κ2) is 5.59. The maximum atomic E-state index is 13.0. The summed E-state index contributed by atoms with van der Waals surface area (Å²) >= 11 is 0. The third kappa shape index (κ3) is 2.67. The number of rotatable bonds is 3. The molecule has 0 aliphatic carbocycles. The van der Waals surface area contributed by atoms with E-state index in [1.165, 1.54) is 12.1 Å². The van der Waals surface area contributed by atoms with Crippen LogP contribution in [0.2, 0.25) is 0 Å². The third-order valence-corrected chi connectivity index (χ3v) is 3.30. The summed E-state index contributed by atoms with van der Waals surface area (Å²) in [6.45, 7) is 0.552. The number of hydrogen-bond donors (Lipinski definition) is 0. The second-order valence-corrected chi connectivity index (χ2v) is 4.65. The van der Waals surface area contributed by atoms with Gasteiger partial charge in [0.15, 0.2) is 0 Å². The van der Waals surface area contributed by atoms with Crippen LogP contribution in [-0.4, -0.2) is 9.55 Å². The highest BCUT2D eigenvalue weighted by molar-refractivity contribution is 5.55. The van der Waals surface area contributed by atoms with Gasteiger partial charge in [0.25, 0.3) is 0 Å². The van der Waals surface area contributed by atoms with E-state index in [2.05, 4.69) is 11.1 Å². The topological polar surface area (TPSA) is 41.6 Å². The molecule has 3 rings (SSSR count). The molecular formula is C17H12FN3. The first-order valence-electron chi connectivity index (χ1n) is 6.53. The van der Waals surface area contributed by atoms with Crippen LogP contribution >= 0.6 is 0 Å². The Bertz CT molecular complexity index is 797. The zero-order chi connectivity index (χ0) is 14.7. The summed E-state index contributed by atoms with van der Waals surface area (Å²) in [5, 5.41) is 9.15. The van der Waals surface area contributed by atoms with Gasteiger partial charge < -0.3 is 4.57 Å². The van der Waals surface area contributed by atoms with Crippen molar-refractivity contribution in [1.29, 1.82) is 5.26 Å². The molecule has 0 atom stereocenters. The Morgan fingerprint density at radius 3 is 2.62 bits per heavy atom. The highest BCUT2D eigenvalue weighted by atomic mass is 19.1. The lowest BCUT2D eigenvalue weighted by molar-refractivity contribution is 0.628. The first-order chi connectivity index (χ1) is 10.3. The lowest BCUT2D eigenvalue weighted by Gasteiger charge is -2.09. The summed E-state index contributed by atoms with van der Waals surface area (Å²) in [6.07, 6.45) is 3.56. The van der Waals surface area contributed by atoms with Crippen LogP contribution in [0.3, 0.4) is 0 Å². The van der Waals surface area contributed by atoms with E-state index in [9.17, 15) is 4.39 Å². The Morgan fingerprint density at radius 1 is 1.10 bits per heavy atom. The van der Waals surface area contributed by atoms with Crippen molar-refractivity contribution >= 4 is 0 Å². The van der Waals surface area contributed by atoms with Crippen LogP contribution in [0, 0.1) is 17.1 Å². The summed E-state index contributed by atoms with van der Waals surface area (Å²) < 4.78 is 15.0. The number of imidazole rings is 1. The Morgan fingerprint density at radius 2 is 1.86 bits per heavy atom. The number of nitrogens with zero attached hydrogens (tertiary/aromatic N) is 3. The van der Waals surface area contributed by atoms with Crippen LogP contribution in [0.25, 0.3) is 11.4 Å². The van der Waals surface area contributed by atoms with Crippen molar-refractivity contribution in [3.63, 3.8) is 0 Å². The molecule has 0 unspecified atom stereocenters. The van der Waals surface area contributed by atoms with Crippen LogP contribution in [0.5, 0.6) is 0 Å². The van der Waals surface area contributed by atoms with Crippen LogP contribution in [-0.2, 0) is 6.54 Å². The lowest BCUT2D eigenvalue weighted by Crippen LogP contribution is -2.03. The van der Waals surface area contributed by atoms with Gasteiger partial charge in [0.1, 0.15) is 11.6 Å². The van der Waals surface area contributed by atoms with Crippen molar-refractivity contribution in [3.05, 3.63) is 77.9 Å². The SMILES string of the molecule is N#Cc1ccccc1Cn1ccnc1-c1ccc(F)cc1. The third-order valence-electron chi connectivity index (χ3n) is 3.30. The van der Waals surface area contributed by atoms with Crippen molar-refractivity contribution in [2.24, 2.45) is 0 Å². The highest BCUT2D eigenvalue weighted by Gasteiger charge is 2.08. The van der Waals surface area contributed by atoms with Crippen LogP contribution < -0.4 is 0 Å². The van der Waals surface area contributed by atoms with Gasteiger partial charge in [-0.15, -0.1) is 0 Å². The molecule has 0 saturated carbocycles. The molecule has 0 amide bonds. The van der Waals surface area contributed by atoms with E-state index in [0.717, 1.165) is 17.0 Å². The maximum Gasteiger partial charge on any atom is 0.140 e. The van der Waals surface area contributed by atoms with Crippen LogP contribution in [0.1, 0.15) is 11.1 Å². The molecule has 2 aromatic carbocycles. The number of halogens is 1. The van der Waals surface area contributed by atoms with E-state index < -0.39 is 0 Å². The Kier molecular flexibility index (Phi) is 3.48. The van der Waals surface area contributed by atoms with Crippen LogP contribution in [0.4, 0.5) is 4.39 Å². The normalized spacial score (nSPS) is 10.3. The van der Waals surface area contributed by atoms with E-state index in [-0.39, 0.29) is 5.82 Å². The second-order valence-electron chi connectivity index (χ2n) is 4.65. The fraction of sp³-hybridized carbons (Fsp3) is 0.0588. The van der Waals surface area contributed by atoms with Gasteiger partial charge >= 0.3 is 0 Å². The Labute approximate surface area is 121 Å². The minimum Gasteiger partial charge on any atom is -0.327 e. The van der Waals surface area contributed by atoms with E-state index in [0.29, 0.717) is 12.1 Å². The zero-order valence-corrected chi connectivity index (χ0v) is 11.2. The monoisotopic (exact) mass is 277 g/mol. The summed E-state index contributed by atoms with van der Waals surface area (Å²) in [7, 11) is 0. The number of aromatic nitrogens is 2. The average Bonchev–Trinajstić information content (AvgIpc) is 2.97. The number of hydrogen-bond acceptors (Lipinski definition) is 2. The first kappa shape index (κ1) is 13.1. The summed E-state index contributed by atoms with van der Waals surface area (Å²) in [4.78, 5) is 4.33. The molecule has 0 saturated heterocycles. The van der Waals surface area contributed by atoms with Gasteiger partial charge in [0.05, 0.1) is 18.2 Å². The molecule has 3 nitrogen and oxygen atoms in total. The van der Waals surface area contributed by atoms with Crippen molar-refractivity contribution < 1.29 is 4.39 Å². The van der Waals surface area contributed by atoms with Crippen molar-refractivity contribution in [2.45, 2.75) is 6.54 Å². The largest absolute Gasteiger partial charge is 0.327 e.